The highest BCUT2D eigenvalue weighted by Crippen LogP contribution is 2.22. The van der Waals surface area contributed by atoms with Gasteiger partial charge in [-0.2, -0.15) is 10.2 Å². The Labute approximate surface area is 117 Å². The molecule has 7 nitrogen and oxygen atoms in total. The number of anilines is 1. The minimum Gasteiger partial charge on any atom is -0.384 e. The van der Waals surface area contributed by atoms with Crippen molar-refractivity contribution in [3.8, 4) is 0 Å². The lowest BCUT2D eigenvalue weighted by Gasteiger charge is -2.21. The van der Waals surface area contributed by atoms with Crippen LogP contribution in [0.2, 0.25) is 0 Å². The van der Waals surface area contributed by atoms with Crippen molar-refractivity contribution in [3.05, 3.63) is 34.8 Å². The number of nitrogens with two attached hydrogens (primary N) is 1. The molecule has 0 unspecified atom stereocenters. The van der Waals surface area contributed by atoms with Crippen molar-refractivity contribution in [2.75, 3.05) is 11.9 Å². The molecular weight excluding hydrogens is 254 g/mol. The van der Waals surface area contributed by atoms with Crippen molar-refractivity contribution >= 4 is 11.7 Å². The summed E-state index contributed by atoms with van der Waals surface area (Å²) in [4.78, 5) is 1.92. The molecule has 0 fully saturated rings. The molecule has 0 bridgehead atoms. The van der Waals surface area contributed by atoms with E-state index in [-0.39, 0.29) is 5.84 Å². The molecule has 20 heavy (non-hydrogen) atoms. The molecule has 0 saturated heterocycles. The van der Waals surface area contributed by atoms with Crippen LogP contribution in [0.3, 0.4) is 0 Å². The van der Waals surface area contributed by atoms with E-state index in [2.05, 4.69) is 15.3 Å². The van der Waals surface area contributed by atoms with Gasteiger partial charge in [0.15, 0.2) is 5.82 Å². The first-order valence-electron chi connectivity index (χ1n) is 6.27. The van der Waals surface area contributed by atoms with Crippen molar-refractivity contribution in [2.45, 2.75) is 20.4 Å². The van der Waals surface area contributed by atoms with Crippen LogP contribution < -0.4 is 10.6 Å². The highest BCUT2D eigenvalue weighted by Gasteiger charge is 2.17. The molecule has 0 spiro atoms. The van der Waals surface area contributed by atoms with E-state index in [1.54, 1.807) is 10.9 Å². The van der Waals surface area contributed by atoms with E-state index in [4.69, 9.17) is 11.1 Å². The Balaban J connectivity index is 2.36. The van der Waals surface area contributed by atoms with Crippen LogP contribution in [0.4, 0.5) is 5.82 Å². The molecule has 3 N–H and O–H groups in total. The molecule has 0 radical (unpaired) electrons. The summed E-state index contributed by atoms with van der Waals surface area (Å²) >= 11 is 0. The van der Waals surface area contributed by atoms with Crippen LogP contribution >= 0.6 is 0 Å². The summed E-state index contributed by atoms with van der Waals surface area (Å²) in [6, 6.07) is 0. The fourth-order valence-corrected chi connectivity index (χ4v) is 2.09. The first kappa shape index (κ1) is 14.0. The van der Waals surface area contributed by atoms with Gasteiger partial charge in [-0.1, -0.05) is 0 Å². The molecule has 0 aliphatic rings. The molecule has 2 aromatic heterocycles. The van der Waals surface area contributed by atoms with E-state index < -0.39 is 0 Å². The summed E-state index contributed by atoms with van der Waals surface area (Å²) in [7, 11) is 3.78. The summed E-state index contributed by atoms with van der Waals surface area (Å²) in [5.41, 5.74) is 9.07. The van der Waals surface area contributed by atoms with Crippen molar-refractivity contribution in [2.24, 2.45) is 12.8 Å². The molecule has 2 rings (SSSR count). The van der Waals surface area contributed by atoms with E-state index in [1.165, 1.54) is 0 Å². The lowest BCUT2D eigenvalue weighted by atomic mass is 10.1. The number of rotatable bonds is 4. The maximum Gasteiger partial charge on any atom is 0.162 e. The molecule has 0 amide bonds. The van der Waals surface area contributed by atoms with Gasteiger partial charge >= 0.3 is 0 Å². The van der Waals surface area contributed by atoms with Crippen molar-refractivity contribution in [3.63, 3.8) is 0 Å². The highest BCUT2D eigenvalue weighted by molar-refractivity contribution is 6.01. The zero-order valence-electron chi connectivity index (χ0n) is 12.2. The molecule has 0 atom stereocenters. The average molecular weight is 273 g/mol. The van der Waals surface area contributed by atoms with Gasteiger partial charge in [-0.15, -0.1) is 5.10 Å². The number of hydrogen-bond acceptors (Lipinski definition) is 5. The third-order valence-electron chi connectivity index (χ3n) is 3.25. The molecule has 0 saturated carbocycles. The Morgan fingerprint density at radius 3 is 2.65 bits per heavy atom. The van der Waals surface area contributed by atoms with Gasteiger partial charge < -0.3 is 10.6 Å². The summed E-state index contributed by atoms with van der Waals surface area (Å²) in [5.74, 6) is 0.623. The predicted molar refractivity (Wildman–Crippen MR) is 77.8 cm³/mol. The molecule has 2 heterocycles. The van der Waals surface area contributed by atoms with Gasteiger partial charge in [0, 0.05) is 32.4 Å². The van der Waals surface area contributed by atoms with E-state index >= 15 is 0 Å². The number of nitrogen functional groups attached to an aromatic ring is 1. The van der Waals surface area contributed by atoms with Gasteiger partial charge in [0.2, 0.25) is 0 Å². The van der Waals surface area contributed by atoms with Crippen LogP contribution in [0.5, 0.6) is 0 Å². The zero-order valence-corrected chi connectivity index (χ0v) is 12.2. The number of nitrogens with zero attached hydrogens (tertiary/aromatic N) is 5. The van der Waals surface area contributed by atoms with E-state index in [0.29, 0.717) is 17.9 Å². The molecule has 0 aliphatic heterocycles. The topological polar surface area (TPSA) is 96.7 Å². The number of amidine groups is 1. The smallest absolute Gasteiger partial charge is 0.162 e. The number of aryl methyl sites for hydroxylation is 2. The van der Waals surface area contributed by atoms with E-state index in [0.717, 1.165) is 16.8 Å². The molecule has 106 valence electrons. The summed E-state index contributed by atoms with van der Waals surface area (Å²) in [5, 5.41) is 20.2. The normalized spacial score (nSPS) is 10.6. The van der Waals surface area contributed by atoms with Gasteiger partial charge in [0.05, 0.1) is 17.5 Å². The van der Waals surface area contributed by atoms with Crippen LogP contribution in [-0.2, 0) is 13.6 Å². The maximum absolute atomic E-state index is 7.76. The van der Waals surface area contributed by atoms with Crippen LogP contribution in [-0.4, -0.2) is 32.9 Å². The number of nitrogens with one attached hydrogen (secondary N) is 1. The summed E-state index contributed by atoms with van der Waals surface area (Å²) in [6.07, 6.45) is 3.75. The Hall–Kier alpha value is -2.44. The van der Waals surface area contributed by atoms with Gasteiger partial charge in [-0.05, 0) is 19.4 Å². The van der Waals surface area contributed by atoms with Gasteiger partial charge in [0.25, 0.3) is 0 Å². The molecule has 0 aromatic carbocycles. The lowest BCUT2D eigenvalue weighted by molar-refractivity contribution is 0.766. The first-order chi connectivity index (χ1) is 9.40. The Morgan fingerprint density at radius 2 is 2.10 bits per heavy atom. The lowest BCUT2D eigenvalue weighted by Crippen LogP contribution is -2.25. The molecular formula is C13H19N7. The average Bonchev–Trinajstić information content (AvgIpc) is 2.77. The van der Waals surface area contributed by atoms with Gasteiger partial charge in [-0.25, -0.2) is 0 Å². The second kappa shape index (κ2) is 5.28. The van der Waals surface area contributed by atoms with Crippen molar-refractivity contribution < 1.29 is 0 Å². The Morgan fingerprint density at radius 1 is 1.40 bits per heavy atom. The predicted octanol–water partition coefficient (Wildman–Crippen LogP) is 0.747. The Bertz CT molecular complexity index is 644. The third-order valence-corrected chi connectivity index (χ3v) is 3.25. The fraction of sp³-hybridized carbons (Fsp3) is 0.385. The molecule has 0 aliphatic carbocycles. The number of aromatic nitrogens is 4. The van der Waals surface area contributed by atoms with Gasteiger partial charge in [0.1, 0.15) is 5.84 Å². The second-order valence-electron chi connectivity index (χ2n) is 4.90. The largest absolute Gasteiger partial charge is 0.384 e. The van der Waals surface area contributed by atoms with E-state index in [9.17, 15) is 0 Å². The Kier molecular flexibility index (Phi) is 3.69. The number of hydrogen-bond donors (Lipinski definition) is 2. The van der Waals surface area contributed by atoms with Crippen molar-refractivity contribution in [1.82, 2.24) is 20.0 Å². The third kappa shape index (κ3) is 2.61. The monoisotopic (exact) mass is 273 g/mol. The zero-order chi connectivity index (χ0) is 14.9. The summed E-state index contributed by atoms with van der Waals surface area (Å²) in [6.45, 7) is 4.40. The second-order valence-corrected chi connectivity index (χ2v) is 4.90. The fourth-order valence-electron chi connectivity index (χ4n) is 2.09. The minimum absolute atomic E-state index is 0.00790. The molecule has 2 aromatic rings. The molecule has 7 heteroatoms. The van der Waals surface area contributed by atoms with E-state index in [1.807, 2.05) is 39.0 Å². The first-order valence-corrected chi connectivity index (χ1v) is 6.27. The SMILES string of the molecule is Cc1nnc(N(C)Cc2cnn(C)c2)c(C(=N)N)c1C. The standard InChI is InChI=1S/C13H19N7/c1-8-9(2)17-18-13(11(8)12(14)15)19(3)6-10-5-16-20(4)7-10/h5,7H,6H2,1-4H3,(H3,14,15). The van der Waals surface area contributed by atoms with Gasteiger partial charge in [-0.3, -0.25) is 10.1 Å². The van der Waals surface area contributed by atoms with Crippen LogP contribution in [0.25, 0.3) is 0 Å². The highest BCUT2D eigenvalue weighted by atomic mass is 15.3. The quantitative estimate of drug-likeness (QED) is 0.633. The van der Waals surface area contributed by atoms with Crippen LogP contribution in [0.15, 0.2) is 12.4 Å². The summed E-state index contributed by atoms with van der Waals surface area (Å²) < 4.78 is 1.75. The van der Waals surface area contributed by atoms with Crippen molar-refractivity contribution in [1.29, 1.82) is 5.41 Å². The maximum atomic E-state index is 7.76. The van der Waals surface area contributed by atoms with Crippen LogP contribution in [0.1, 0.15) is 22.4 Å². The van der Waals surface area contributed by atoms with Crippen LogP contribution in [0, 0.1) is 19.3 Å². The minimum atomic E-state index is 0.00790.